The van der Waals surface area contributed by atoms with Gasteiger partial charge < -0.3 is 0 Å². The molecule has 0 aliphatic heterocycles. The van der Waals surface area contributed by atoms with Crippen LogP contribution in [0.3, 0.4) is 0 Å². The van der Waals surface area contributed by atoms with Gasteiger partial charge in [-0.2, -0.15) is 0 Å². The van der Waals surface area contributed by atoms with E-state index in [1.54, 1.807) is 6.07 Å². The van der Waals surface area contributed by atoms with E-state index in [-0.39, 0.29) is 10.6 Å². The summed E-state index contributed by atoms with van der Waals surface area (Å²) in [4.78, 5) is 0. The number of hydrogen-bond donors (Lipinski definition) is 0. The van der Waals surface area contributed by atoms with Gasteiger partial charge in [0.2, 0.25) is 0 Å². The lowest BCUT2D eigenvalue weighted by atomic mass is 10.0. The molecule has 0 aliphatic rings. The van der Waals surface area contributed by atoms with Gasteiger partial charge >= 0.3 is 0 Å². The van der Waals surface area contributed by atoms with E-state index < -0.39 is 6.43 Å². The van der Waals surface area contributed by atoms with Crippen molar-refractivity contribution in [3.05, 3.63) is 56.0 Å². The molecule has 2 aromatic rings. The van der Waals surface area contributed by atoms with Crippen molar-refractivity contribution in [3.63, 3.8) is 0 Å². The summed E-state index contributed by atoms with van der Waals surface area (Å²) in [5.74, 6) is 0. The monoisotopic (exact) mass is 340 g/mol. The average molecular weight is 342 g/mol. The highest BCUT2D eigenvalue weighted by Gasteiger charge is 2.13. The predicted molar refractivity (Wildman–Crippen MR) is 76.9 cm³/mol. The maximum absolute atomic E-state index is 12.7. The molecule has 0 saturated heterocycles. The summed E-state index contributed by atoms with van der Waals surface area (Å²) in [6.45, 7) is 0. The standard InChI is InChI=1S/C13H6Cl4F2/c14-8-2-6(1-7(3-8)13(18)19)9-4-11(16)12(17)5-10(9)15/h1-5,13H. The second kappa shape index (κ2) is 5.84. The summed E-state index contributed by atoms with van der Waals surface area (Å²) in [5, 5.41) is 1.11. The number of hydrogen-bond acceptors (Lipinski definition) is 0. The first-order valence-corrected chi connectivity index (χ1v) is 6.63. The zero-order valence-electron chi connectivity index (χ0n) is 9.23. The molecule has 0 amide bonds. The minimum absolute atomic E-state index is 0.176. The van der Waals surface area contributed by atoms with Crippen LogP contribution in [0.1, 0.15) is 12.0 Å². The number of benzene rings is 2. The highest BCUT2D eigenvalue weighted by molar-refractivity contribution is 6.44. The van der Waals surface area contributed by atoms with E-state index in [0.29, 0.717) is 26.2 Å². The van der Waals surface area contributed by atoms with Crippen LogP contribution in [0.4, 0.5) is 8.78 Å². The van der Waals surface area contributed by atoms with Gasteiger partial charge in [0, 0.05) is 21.2 Å². The van der Waals surface area contributed by atoms with Crippen molar-refractivity contribution < 1.29 is 8.78 Å². The largest absolute Gasteiger partial charge is 0.263 e. The van der Waals surface area contributed by atoms with Crippen LogP contribution >= 0.6 is 46.4 Å². The Bertz CT molecular complexity index is 626. The second-order valence-corrected chi connectivity index (χ2v) is 5.48. The molecule has 0 radical (unpaired) electrons. The summed E-state index contributed by atoms with van der Waals surface area (Å²) >= 11 is 23.6. The molecule has 0 unspecified atom stereocenters. The van der Waals surface area contributed by atoms with Crippen molar-refractivity contribution >= 4 is 46.4 Å². The molecule has 0 aliphatic carbocycles. The Labute approximate surface area is 128 Å². The Morgan fingerprint density at radius 1 is 0.737 bits per heavy atom. The summed E-state index contributed by atoms with van der Waals surface area (Å²) in [6, 6.07) is 7.05. The van der Waals surface area contributed by atoms with E-state index in [9.17, 15) is 8.78 Å². The van der Waals surface area contributed by atoms with Gasteiger partial charge in [0.15, 0.2) is 0 Å². The van der Waals surface area contributed by atoms with Crippen molar-refractivity contribution in [1.29, 1.82) is 0 Å². The Kier molecular flexibility index (Phi) is 4.57. The van der Waals surface area contributed by atoms with Crippen LogP contribution in [0.5, 0.6) is 0 Å². The fraction of sp³-hybridized carbons (Fsp3) is 0.0769. The Morgan fingerprint density at radius 2 is 1.37 bits per heavy atom. The molecule has 0 heterocycles. The normalized spacial score (nSPS) is 11.1. The van der Waals surface area contributed by atoms with Crippen LogP contribution in [-0.2, 0) is 0 Å². The van der Waals surface area contributed by atoms with E-state index in [4.69, 9.17) is 46.4 Å². The Hall–Kier alpha value is -0.540. The van der Waals surface area contributed by atoms with Crippen molar-refractivity contribution in [3.8, 4) is 11.1 Å². The zero-order chi connectivity index (χ0) is 14.2. The molecular formula is C13H6Cl4F2. The van der Waals surface area contributed by atoms with Crippen molar-refractivity contribution in [1.82, 2.24) is 0 Å². The van der Waals surface area contributed by atoms with E-state index in [1.807, 2.05) is 0 Å². The number of rotatable bonds is 2. The molecule has 2 aromatic carbocycles. The highest BCUT2D eigenvalue weighted by Crippen LogP contribution is 2.37. The van der Waals surface area contributed by atoms with Gasteiger partial charge in [0.05, 0.1) is 10.0 Å². The van der Waals surface area contributed by atoms with Crippen LogP contribution in [-0.4, -0.2) is 0 Å². The van der Waals surface area contributed by atoms with Gasteiger partial charge in [-0.15, -0.1) is 0 Å². The van der Waals surface area contributed by atoms with Crippen LogP contribution in [0, 0.1) is 0 Å². The van der Waals surface area contributed by atoms with Gasteiger partial charge in [0.25, 0.3) is 6.43 Å². The molecule has 0 nitrogen and oxygen atoms in total. The average Bonchev–Trinajstić information content (AvgIpc) is 2.33. The molecule has 19 heavy (non-hydrogen) atoms. The predicted octanol–water partition coefficient (Wildman–Crippen LogP) is 6.90. The van der Waals surface area contributed by atoms with Crippen molar-refractivity contribution in [2.75, 3.05) is 0 Å². The van der Waals surface area contributed by atoms with E-state index >= 15 is 0 Å². The quantitative estimate of drug-likeness (QED) is 0.521. The summed E-state index contributed by atoms with van der Waals surface area (Å²) in [6.07, 6.45) is -2.61. The molecule has 0 bridgehead atoms. The lowest BCUT2D eigenvalue weighted by Gasteiger charge is -2.09. The third kappa shape index (κ3) is 3.32. The fourth-order valence-electron chi connectivity index (χ4n) is 1.64. The molecule has 6 heteroatoms. The second-order valence-electron chi connectivity index (χ2n) is 3.82. The third-order valence-electron chi connectivity index (χ3n) is 2.49. The first-order valence-electron chi connectivity index (χ1n) is 5.12. The number of alkyl halides is 2. The number of halogens is 6. The molecule has 0 aromatic heterocycles. The molecule has 0 fully saturated rings. The minimum Gasteiger partial charge on any atom is -0.205 e. The molecule has 0 atom stereocenters. The first kappa shape index (κ1) is 14.9. The fourth-order valence-corrected chi connectivity index (χ4v) is 2.54. The highest BCUT2D eigenvalue weighted by atomic mass is 35.5. The van der Waals surface area contributed by atoms with Gasteiger partial charge in [-0.1, -0.05) is 46.4 Å². The summed E-state index contributed by atoms with van der Waals surface area (Å²) in [5.41, 5.74) is 0.788. The third-order valence-corrected chi connectivity index (χ3v) is 3.75. The first-order chi connectivity index (χ1) is 8.88. The Balaban J connectivity index is 2.62. The maximum Gasteiger partial charge on any atom is 0.263 e. The van der Waals surface area contributed by atoms with Crippen molar-refractivity contribution in [2.45, 2.75) is 6.43 Å². The molecule has 100 valence electrons. The SMILES string of the molecule is FC(F)c1cc(Cl)cc(-c2cc(Cl)c(Cl)cc2Cl)c1. The summed E-state index contributed by atoms with van der Waals surface area (Å²) in [7, 11) is 0. The van der Waals surface area contributed by atoms with Crippen LogP contribution < -0.4 is 0 Å². The molecular weight excluding hydrogens is 336 g/mol. The van der Waals surface area contributed by atoms with E-state index in [2.05, 4.69) is 0 Å². The van der Waals surface area contributed by atoms with Gasteiger partial charge in [-0.25, -0.2) is 8.78 Å². The van der Waals surface area contributed by atoms with E-state index in [0.717, 1.165) is 0 Å². The molecule has 2 rings (SSSR count). The van der Waals surface area contributed by atoms with Gasteiger partial charge in [-0.3, -0.25) is 0 Å². The van der Waals surface area contributed by atoms with Crippen LogP contribution in [0.25, 0.3) is 11.1 Å². The molecule has 0 spiro atoms. The lowest BCUT2D eigenvalue weighted by molar-refractivity contribution is 0.151. The van der Waals surface area contributed by atoms with Gasteiger partial charge in [-0.05, 0) is 35.9 Å². The van der Waals surface area contributed by atoms with Crippen molar-refractivity contribution in [2.24, 2.45) is 0 Å². The maximum atomic E-state index is 12.7. The zero-order valence-corrected chi connectivity index (χ0v) is 12.3. The van der Waals surface area contributed by atoms with Crippen LogP contribution in [0.2, 0.25) is 20.1 Å². The smallest absolute Gasteiger partial charge is 0.205 e. The molecule has 0 N–H and O–H groups in total. The topological polar surface area (TPSA) is 0 Å². The molecule has 0 saturated carbocycles. The minimum atomic E-state index is -2.61. The van der Waals surface area contributed by atoms with Crippen LogP contribution in [0.15, 0.2) is 30.3 Å². The lowest BCUT2D eigenvalue weighted by Crippen LogP contribution is -1.88. The van der Waals surface area contributed by atoms with E-state index in [1.165, 1.54) is 24.3 Å². The Morgan fingerprint density at radius 3 is 2.00 bits per heavy atom. The van der Waals surface area contributed by atoms with Gasteiger partial charge in [0.1, 0.15) is 0 Å². The summed E-state index contributed by atoms with van der Waals surface area (Å²) < 4.78 is 25.5.